The van der Waals surface area contributed by atoms with Gasteiger partial charge in [0.05, 0.1) is 10.7 Å². The van der Waals surface area contributed by atoms with Crippen LogP contribution in [0.2, 0.25) is 0 Å². The lowest BCUT2D eigenvalue weighted by Crippen LogP contribution is -2.43. The van der Waals surface area contributed by atoms with Crippen LogP contribution in [0.5, 0.6) is 0 Å². The highest BCUT2D eigenvalue weighted by atomic mass is 32.1. The van der Waals surface area contributed by atoms with E-state index in [2.05, 4.69) is 29.1 Å². The third-order valence-electron chi connectivity index (χ3n) is 3.93. The fourth-order valence-electron chi connectivity index (χ4n) is 2.88. The maximum atomic E-state index is 4.83. The van der Waals surface area contributed by atoms with E-state index in [-0.39, 0.29) is 0 Å². The van der Waals surface area contributed by atoms with Crippen LogP contribution in [0.3, 0.4) is 0 Å². The Morgan fingerprint density at radius 2 is 2.06 bits per heavy atom. The quantitative estimate of drug-likeness (QED) is 0.874. The van der Waals surface area contributed by atoms with Gasteiger partial charge in [0.15, 0.2) is 0 Å². The zero-order valence-corrected chi connectivity index (χ0v) is 12.1. The average molecular weight is 266 g/mol. The van der Waals surface area contributed by atoms with Gasteiger partial charge in [0.25, 0.3) is 0 Å². The molecule has 0 amide bonds. The second kappa shape index (κ2) is 5.15. The number of hydrogen-bond acceptors (Lipinski definition) is 5. The number of anilines is 1. The van der Waals surface area contributed by atoms with E-state index in [0.717, 1.165) is 26.2 Å². The van der Waals surface area contributed by atoms with Crippen molar-refractivity contribution in [3.8, 4) is 0 Å². The second-order valence-electron chi connectivity index (χ2n) is 5.43. The minimum absolute atomic E-state index is 0.662. The molecule has 0 radical (unpaired) electrons. The van der Waals surface area contributed by atoms with E-state index in [9.17, 15) is 0 Å². The minimum Gasteiger partial charge on any atom is -0.359 e. The first kappa shape index (κ1) is 12.4. The number of thiazole rings is 1. The van der Waals surface area contributed by atoms with Gasteiger partial charge < -0.3 is 15.1 Å². The van der Waals surface area contributed by atoms with E-state index < -0.39 is 0 Å². The van der Waals surface area contributed by atoms with E-state index in [1.54, 1.807) is 0 Å². The van der Waals surface area contributed by atoms with Gasteiger partial charge in [-0.2, -0.15) is 0 Å². The highest BCUT2D eigenvalue weighted by molar-refractivity contribution is 7.16. The van der Waals surface area contributed by atoms with Gasteiger partial charge in [-0.1, -0.05) is 0 Å². The monoisotopic (exact) mass is 266 g/mol. The summed E-state index contributed by atoms with van der Waals surface area (Å²) in [7, 11) is 2.21. The van der Waals surface area contributed by atoms with Gasteiger partial charge in [0, 0.05) is 38.6 Å². The van der Waals surface area contributed by atoms with E-state index >= 15 is 0 Å². The molecule has 2 fully saturated rings. The van der Waals surface area contributed by atoms with Gasteiger partial charge in [-0.25, -0.2) is 4.98 Å². The summed E-state index contributed by atoms with van der Waals surface area (Å²) >= 11 is 1.93. The normalized spacial score (nSPS) is 25.9. The SMILES string of the molecule is Cc1nc(C2CCN(C)C2)sc1N1CCNCC1. The van der Waals surface area contributed by atoms with Crippen molar-refractivity contribution >= 4 is 16.3 Å². The minimum atomic E-state index is 0.662. The number of nitrogens with zero attached hydrogens (tertiary/aromatic N) is 3. The molecule has 0 aliphatic carbocycles. The third kappa shape index (κ3) is 2.39. The van der Waals surface area contributed by atoms with Crippen LogP contribution in [0.15, 0.2) is 0 Å². The largest absolute Gasteiger partial charge is 0.359 e. The molecule has 0 spiro atoms. The maximum Gasteiger partial charge on any atom is 0.114 e. The van der Waals surface area contributed by atoms with Gasteiger partial charge in [0.1, 0.15) is 5.00 Å². The summed E-state index contributed by atoms with van der Waals surface area (Å²) in [5, 5.41) is 6.16. The van der Waals surface area contributed by atoms with E-state index in [0.29, 0.717) is 5.92 Å². The first-order chi connectivity index (χ1) is 8.74. The maximum absolute atomic E-state index is 4.83. The molecule has 0 saturated carbocycles. The zero-order chi connectivity index (χ0) is 12.5. The van der Waals surface area contributed by atoms with Crippen LogP contribution in [0.4, 0.5) is 5.00 Å². The van der Waals surface area contributed by atoms with Crippen molar-refractivity contribution in [2.24, 2.45) is 0 Å². The molecule has 3 heterocycles. The Hall–Kier alpha value is -0.650. The van der Waals surface area contributed by atoms with Crippen molar-refractivity contribution in [3.05, 3.63) is 10.7 Å². The van der Waals surface area contributed by atoms with E-state index in [4.69, 9.17) is 4.98 Å². The Balaban J connectivity index is 1.77. The van der Waals surface area contributed by atoms with Crippen molar-refractivity contribution < 1.29 is 0 Å². The van der Waals surface area contributed by atoms with Crippen LogP contribution in [0.25, 0.3) is 0 Å². The Morgan fingerprint density at radius 3 is 2.72 bits per heavy atom. The number of nitrogens with one attached hydrogen (secondary N) is 1. The highest BCUT2D eigenvalue weighted by Crippen LogP contribution is 2.35. The number of piperazine rings is 1. The lowest BCUT2D eigenvalue weighted by atomic mass is 10.1. The molecule has 0 bridgehead atoms. The van der Waals surface area contributed by atoms with Crippen LogP contribution in [-0.4, -0.2) is 56.2 Å². The topological polar surface area (TPSA) is 31.4 Å². The first-order valence-corrected chi connectivity index (χ1v) is 7.67. The number of likely N-dealkylation sites (N-methyl/N-ethyl adjacent to an activating group) is 1. The molecule has 1 atom stereocenters. The van der Waals surface area contributed by atoms with E-state index in [1.165, 1.54) is 35.2 Å². The van der Waals surface area contributed by atoms with Gasteiger partial charge >= 0.3 is 0 Å². The molecule has 2 aliphatic rings. The Morgan fingerprint density at radius 1 is 1.28 bits per heavy atom. The number of hydrogen-bond donors (Lipinski definition) is 1. The molecule has 1 aromatic rings. The lowest BCUT2D eigenvalue weighted by molar-refractivity contribution is 0.411. The third-order valence-corrected chi connectivity index (χ3v) is 5.31. The standard InChI is InChI=1S/C13H22N4S/c1-10-13(17-7-4-14-5-8-17)18-12(15-10)11-3-6-16(2)9-11/h11,14H,3-9H2,1-2H3. The van der Waals surface area contributed by atoms with Crippen molar-refractivity contribution in [1.29, 1.82) is 0 Å². The van der Waals surface area contributed by atoms with Crippen molar-refractivity contribution in [2.75, 3.05) is 51.2 Å². The van der Waals surface area contributed by atoms with Gasteiger partial charge in [-0.3, -0.25) is 0 Å². The van der Waals surface area contributed by atoms with Crippen molar-refractivity contribution in [1.82, 2.24) is 15.2 Å². The number of likely N-dealkylation sites (tertiary alicyclic amines) is 1. The molecule has 5 heteroatoms. The summed E-state index contributed by atoms with van der Waals surface area (Å²) in [6.07, 6.45) is 1.27. The smallest absolute Gasteiger partial charge is 0.114 e. The molecular formula is C13H22N4S. The molecule has 18 heavy (non-hydrogen) atoms. The van der Waals surface area contributed by atoms with E-state index in [1.807, 2.05) is 11.3 Å². The molecule has 100 valence electrons. The predicted octanol–water partition coefficient (Wildman–Crippen LogP) is 1.28. The molecule has 0 aromatic carbocycles. The van der Waals surface area contributed by atoms with Crippen LogP contribution in [0, 0.1) is 6.92 Å². The number of aryl methyl sites for hydroxylation is 1. The van der Waals surface area contributed by atoms with Crippen LogP contribution >= 0.6 is 11.3 Å². The molecule has 1 N–H and O–H groups in total. The average Bonchev–Trinajstić information content (AvgIpc) is 2.97. The number of rotatable bonds is 2. The Kier molecular flexibility index (Phi) is 3.54. The molecular weight excluding hydrogens is 244 g/mol. The van der Waals surface area contributed by atoms with Crippen LogP contribution < -0.4 is 10.2 Å². The van der Waals surface area contributed by atoms with Crippen LogP contribution in [0.1, 0.15) is 23.0 Å². The van der Waals surface area contributed by atoms with Gasteiger partial charge in [-0.05, 0) is 26.9 Å². The lowest BCUT2D eigenvalue weighted by Gasteiger charge is -2.28. The Labute approximate surface area is 113 Å². The van der Waals surface area contributed by atoms with Gasteiger partial charge in [0.2, 0.25) is 0 Å². The van der Waals surface area contributed by atoms with Crippen molar-refractivity contribution in [2.45, 2.75) is 19.3 Å². The second-order valence-corrected chi connectivity index (χ2v) is 6.44. The first-order valence-electron chi connectivity index (χ1n) is 6.85. The summed E-state index contributed by atoms with van der Waals surface area (Å²) in [5.74, 6) is 0.662. The molecule has 4 nitrogen and oxygen atoms in total. The summed E-state index contributed by atoms with van der Waals surface area (Å²) in [5.41, 5.74) is 1.23. The highest BCUT2D eigenvalue weighted by Gasteiger charge is 2.26. The summed E-state index contributed by atoms with van der Waals surface area (Å²) in [6, 6.07) is 0. The zero-order valence-electron chi connectivity index (χ0n) is 11.3. The summed E-state index contributed by atoms with van der Waals surface area (Å²) in [6.45, 7) is 8.98. The molecule has 3 rings (SSSR count). The van der Waals surface area contributed by atoms with Crippen molar-refractivity contribution in [3.63, 3.8) is 0 Å². The molecule has 1 aromatic heterocycles. The summed E-state index contributed by atoms with van der Waals surface area (Å²) in [4.78, 5) is 9.73. The molecule has 1 unspecified atom stereocenters. The predicted molar refractivity (Wildman–Crippen MR) is 76.8 cm³/mol. The molecule has 2 aliphatic heterocycles. The number of aromatic nitrogens is 1. The van der Waals surface area contributed by atoms with Gasteiger partial charge in [-0.15, -0.1) is 11.3 Å². The summed E-state index contributed by atoms with van der Waals surface area (Å²) < 4.78 is 0. The fourth-order valence-corrected chi connectivity index (χ4v) is 4.13. The fraction of sp³-hybridized carbons (Fsp3) is 0.769. The molecule has 2 saturated heterocycles. The Bertz CT molecular complexity index is 411. The van der Waals surface area contributed by atoms with Crippen LogP contribution in [-0.2, 0) is 0 Å².